The lowest BCUT2D eigenvalue weighted by molar-refractivity contribution is -0.118. The summed E-state index contributed by atoms with van der Waals surface area (Å²) >= 11 is 0. The highest BCUT2D eigenvalue weighted by Crippen LogP contribution is 2.19. The van der Waals surface area contributed by atoms with Crippen molar-refractivity contribution in [3.63, 3.8) is 0 Å². The molecule has 2 nitrogen and oxygen atoms in total. The normalized spacial score (nSPS) is 17.4. The van der Waals surface area contributed by atoms with E-state index in [0.717, 1.165) is 12.8 Å². The van der Waals surface area contributed by atoms with Crippen LogP contribution in [-0.2, 0) is 9.59 Å². The van der Waals surface area contributed by atoms with E-state index in [2.05, 4.69) is 0 Å². The number of allylic oxidation sites excluding steroid dienone is 2. The van der Waals surface area contributed by atoms with Crippen molar-refractivity contribution in [3.05, 3.63) is 11.6 Å². The van der Waals surface area contributed by atoms with Gasteiger partial charge in [0.2, 0.25) is 0 Å². The molecule has 0 N–H and O–H groups in total. The predicted octanol–water partition coefficient (Wildman–Crippen LogP) is 2.04. The van der Waals surface area contributed by atoms with E-state index >= 15 is 0 Å². The molecule has 0 radical (unpaired) electrons. The summed E-state index contributed by atoms with van der Waals surface area (Å²) in [6.45, 7) is 1.61. The molecule has 0 aromatic heterocycles. The summed E-state index contributed by atoms with van der Waals surface area (Å²) < 4.78 is 0. The van der Waals surface area contributed by atoms with E-state index in [0.29, 0.717) is 25.0 Å². The summed E-state index contributed by atoms with van der Waals surface area (Å²) in [6.07, 6.45) is 5.57. The van der Waals surface area contributed by atoms with E-state index < -0.39 is 0 Å². The fourth-order valence-electron chi connectivity index (χ4n) is 1.33. The Morgan fingerprint density at radius 2 is 2.25 bits per heavy atom. The highest BCUT2D eigenvalue weighted by Gasteiger charge is 2.09. The van der Waals surface area contributed by atoms with Crippen molar-refractivity contribution in [1.29, 1.82) is 0 Å². The van der Waals surface area contributed by atoms with E-state index in [1.807, 2.05) is 6.08 Å². The van der Waals surface area contributed by atoms with Crippen molar-refractivity contribution in [1.82, 2.24) is 0 Å². The van der Waals surface area contributed by atoms with Crippen LogP contribution in [0.1, 0.15) is 39.0 Å². The average molecular weight is 166 g/mol. The first-order chi connectivity index (χ1) is 5.68. The molecule has 1 aliphatic carbocycles. The molecule has 0 aliphatic heterocycles. The van der Waals surface area contributed by atoms with Crippen molar-refractivity contribution >= 4 is 11.6 Å². The van der Waals surface area contributed by atoms with E-state index in [1.165, 1.54) is 5.57 Å². The van der Waals surface area contributed by atoms with E-state index in [4.69, 9.17) is 0 Å². The zero-order valence-corrected chi connectivity index (χ0v) is 7.43. The highest BCUT2D eigenvalue weighted by atomic mass is 16.1. The van der Waals surface area contributed by atoms with Gasteiger partial charge in [-0.25, -0.2) is 0 Å². The van der Waals surface area contributed by atoms with Gasteiger partial charge in [-0.05, 0) is 19.8 Å². The minimum absolute atomic E-state index is 0.229. The Bertz CT molecular complexity index is 226. The quantitative estimate of drug-likeness (QED) is 0.601. The summed E-state index contributed by atoms with van der Waals surface area (Å²) in [5.41, 5.74) is 1.28. The maximum atomic E-state index is 10.8. The van der Waals surface area contributed by atoms with Crippen molar-refractivity contribution < 1.29 is 9.59 Å². The Kier molecular flexibility index (Phi) is 3.20. The number of rotatable bonds is 3. The van der Waals surface area contributed by atoms with Crippen molar-refractivity contribution in [2.24, 2.45) is 0 Å². The minimum Gasteiger partial charge on any atom is -0.300 e. The standard InChI is InChI=1S/C10H14O2/c1-8(11)2-3-9-4-6-10(12)7-5-9/h4H,2-3,5-7H2,1H3. The monoisotopic (exact) mass is 166 g/mol. The van der Waals surface area contributed by atoms with E-state index in [1.54, 1.807) is 6.92 Å². The van der Waals surface area contributed by atoms with Crippen molar-refractivity contribution in [3.8, 4) is 0 Å². The fraction of sp³-hybridized carbons (Fsp3) is 0.600. The Balaban J connectivity index is 2.33. The molecule has 0 spiro atoms. The first kappa shape index (κ1) is 9.17. The molecule has 0 heterocycles. The van der Waals surface area contributed by atoms with Crippen LogP contribution in [0.3, 0.4) is 0 Å². The lowest BCUT2D eigenvalue weighted by Gasteiger charge is -2.10. The Hall–Kier alpha value is -0.920. The summed E-state index contributed by atoms with van der Waals surface area (Å²) in [5.74, 6) is 0.550. The maximum Gasteiger partial charge on any atom is 0.136 e. The van der Waals surface area contributed by atoms with Gasteiger partial charge in [-0.2, -0.15) is 0 Å². The van der Waals surface area contributed by atoms with Gasteiger partial charge in [-0.15, -0.1) is 0 Å². The van der Waals surface area contributed by atoms with Gasteiger partial charge in [0.1, 0.15) is 11.6 Å². The lowest BCUT2D eigenvalue weighted by Crippen LogP contribution is -2.04. The molecule has 0 saturated carbocycles. The number of Topliss-reactive ketones (excluding diaryl/α,β-unsaturated/α-hetero) is 2. The maximum absolute atomic E-state index is 10.8. The summed E-state index contributed by atoms with van der Waals surface area (Å²) in [7, 11) is 0. The number of ketones is 2. The van der Waals surface area contributed by atoms with Crippen LogP contribution in [0.15, 0.2) is 11.6 Å². The Morgan fingerprint density at radius 1 is 1.50 bits per heavy atom. The number of carbonyl (C=O) groups is 2. The molecule has 66 valence electrons. The van der Waals surface area contributed by atoms with Gasteiger partial charge < -0.3 is 4.79 Å². The van der Waals surface area contributed by atoms with Crippen LogP contribution >= 0.6 is 0 Å². The van der Waals surface area contributed by atoms with Crippen LogP contribution in [-0.4, -0.2) is 11.6 Å². The van der Waals surface area contributed by atoms with Crippen LogP contribution in [0, 0.1) is 0 Å². The lowest BCUT2D eigenvalue weighted by atomic mass is 9.95. The molecule has 0 saturated heterocycles. The second-order valence-electron chi connectivity index (χ2n) is 3.31. The first-order valence-electron chi connectivity index (χ1n) is 4.37. The summed E-state index contributed by atoms with van der Waals surface area (Å²) in [5, 5.41) is 0. The first-order valence-corrected chi connectivity index (χ1v) is 4.37. The summed E-state index contributed by atoms with van der Waals surface area (Å²) in [6, 6.07) is 0. The van der Waals surface area contributed by atoms with Gasteiger partial charge in [0, 0.05) is 19.3 Å². The smallest absolute Gasteiger partial charge is 0.136 e. The van der Waals surface area contributed by atoms with Crippen molar-refractivity contribution in [2.45, 2.75) is 39.0 Å². The van der Waals surface area contributed by atoms with Crippen molar-refractivity contribution in [2.75, 3.05) is 0 Å². The van der Waals surface area contributed by atoms with Gasteiger partial charge in [0.15, 0.2) is 0 Å². The SMILES string of the molecule is CC(=O)CCC1=CCC(=O)CC1. The van der Waals surface area contributed by atoms with Gasteiger partial charge in [-0.1, -0.05) is 11.6 Å². The highest BCUT2D eigenvalue weighted by molar-refractivity contribution is 5.81. The second kappa shape index (κ2) is 4.19. The van der Waals surface area contributed by atoms with Gasteiger partial charge in [0.25, 0.3) is 0 Å². The van der Waals surface area contributed by atoms with Gasteiger partial charge in [0.05, 0.1) is 0 Å². The molecule has 0 amide bonds. The predicted molar refractivity (Wildman–Crippen MR) is 46.9 cm³/mol. The molecule has 0 aromatic carbocycles. The summed E-state index contributed by atoms with van der Waals surface area (Å²) in [4.78, 5) is 21.5. The fourth-order valence-corrected chi connectivity index (χ4v) is 1.33. The number of hydrogen-bond acceptors (Lipinski definition) is 2. The molecule has 0 unspecified atom stereocenters. The molecule has 0 bridgehead atoms. The van der Waals surface area contributed by atoms with E-state index in [-0.39, 0.29) is 5.78 Å². The molecule has 0 atom stereocenters. The molecular weight excluding hydrogens is 152 g/mol. The molecule has 1 aliphatic rings. The average Bonchev–Trinajstić information content (AvgIpc) is 2.03. The van der Waals surface area contributed by atoms with Gasteiger partial charge >= 0.3 is 0 Å². The Morgan fingerprint density at radius 3 is 2.75 bits per heavy atom. The van der Waals surface area contributed by atoms with E-state index in [9.17, 15) is 9.59 Å². The van der Waals surface area contributed by atoms with Crippen LogP contribution in [0.25, 0.3) is 0 Å². The molecule has 2 heteroatoms. The number of hydrogen-bond donors (Lipinski definition) is 0. The van der Waals surface area contributed by atoms with Gasteiger partial charge in [-0.3, -0.25) is 4.79 Å². The third-order valence-corrected chi connectivity index (χ3v) is 2.14. The molecule has 0 aromatic rings. The second-order valence-corrected chi connectivity index (χ2v) is 3.31. The largest absolute Gasteiger partial charge is 0.300 e. The third kappa shape index (κ3) is 2.99. The minimum atomic E-state index is 0.229. The third-order valence-electron chi connectivity index (χ3n) is 2.14. The zero-order chi connectivity index (χ0) is 8.97. The zero-order valence-electron chi connectivity index (χ0n) is 7.43. The van der Waals surface area contributed by atoms with Crippen LogP contribution in [0.5, 0.6) is 0 Å². The molecule has 12 heavy (non-hydrogen) atoms. The topological polar surface area (TPSA) is 34.1 Å². The van der Waals surface area contributed by atoms with Crippen LogP contribution in [0.2, 0.25) is 0 Å². The number of carbonyl (C=O) groups excluding carboxylic acids is 2. The molecule has 1 rings (SSSR count). The molecular formula is C10H14O2. The molecule has 0 fully saturated rings. The van der Waals surface area contributed by atoms with Crippen LogP contribution < -0.4 is 0 Å². The Labute approximate surface area is 72.7 Å². The van der Waals surface area contributed by atoms with Crippen LogP contribution in [0.4, 0.5) is 0 Å².